The maximum atomic E-state index is 13.2. The molecular weight excluding hydrogens is 557 g/mol. The number of rotatable bonds is 8. The lowest BCUT2D eigenvalue weighted by Crippen LogP contribution is -2.26. The van der Waals surface area contributed by atoms with Gasteiger partial charge in [0, 0.05) is 17.7 Å². The van der Waals surface area contributed by atoms with Crippen LogP contribution in [0.5, 0.6) is 0 Å². The van der Waals surface area contributed by atoms with Crippen molar-refractivity contribution in [3.63, 3.8) is 0 Å². The number of aromatic nitrogens is 2. The summed E-state index contributed by atoms with van der Waals surface area (Å²) in [5.74, 6) is -0.651. The number of carbonyl (C=O) groups is 1. The lowest BCUT2D eigenvalue weighted by molar-refractivity contribution is 0.0948. The zero-order chi connectivity index (χ0) is 27.6. The summed E-state index contributed by atoms with van der Waals surface area (Å²) in [4.78, 5) is 15.0. The van der Waals surface area contributed by atoms with E-state index < -0.39 is 9.84 Å². The molecule has 2 heterocycles. The first-order valence-electron chi connectivity index (χ1n) is 12.0. The summed E-state index contributed by atoms with van der Waals surface area (Å²) in [6, 6.07) is 25.7. The third kappa shape index (κ3) is 6.11. The van der Waals surface area contributed by atoms with E-state index in [1.165, 1.54) is 29.7 Å². The Balaban J connectivity index is 1.45. The van der Waals surface area contributed by atoms with Gasteiger partial charge in [-0.3, -0.25) is 4.79 Å². The van der Waals surface area contributed by atoms with Crippen LogP contribution in [0.2, 0.25) is 5.02 Å². The molecule has 5 aromatic rings. The van der Waals surface area contributed by atoms with Crippen molar-refractivity contribution in [2.75, 3.05) is 12.8 Å². The highest BCUT2D eigenvalue weighted by molar-refractivity contribution is 7.90. The molecule has 0 aliphatic heterocycles. The predicted molar refractivity (Wildman–Crippen MR) is 153 cm³/mol. The Morgan fingerprint density at radius 3 is 2.46 bits per heavy atom. The number of thiophene rings is 1. The second-order valence-electron chi connectivity index (χ2n) is 8.87. The summed E-state index contributed by atoms with van der Waals surface area (Å²) in [7, 11) is -3.35. The molecule has 0 bridgehead atoms. The van der Waals surface area contributed by atoms with Gasteiger partial charge in [0.1, 0.15) is 5.82 Å². The Morgan fingerprint density at radius 2 is 1.72 bits per heavy atom. The summed E-state index contributed by atoms with van der Waals surface area (Å²) in [5.41, 5.74) is 3.19. The zero-order valence-electron chi connectivity index (χ0n) is 20.8. The molecule has 0 atom stereocenters. The van der Waals surface area contributed by atoms with Gasteiger partial charge in [0.2, 0.25) is 0 Å². The minimum atomic E-state index is -3.35. The predicted octanol–water partition coefficient (Wildman–Crippen LogP) is 6.44. The van der Waals surface area contributed by atoms with Gasteiger partial charge in [-0.15, -0.1) is 11.3 Å². The maximum absolute atomic E-state index is 13.2. The smallest absolute Gasteiger partial charge is 0.271 e. The molecule has 5 rings (SSSR count). The van der Waals surface area contributed by atoms with Crippen LogP contribution in [-0.2, 0) is 16.3 Å². The fourth-order valence-electron chi connectivity index (χ4n) is 4.05. The van der Waals surface area contributed by atoms with E-state index in [4.69, 9.17) is 11.6 Å². The molecule has 198 valence electrons. The van der Waals surface area contributed by atoms with Crippen molar-refractivity contribution in [3.05, 3.63) is 113 Å². The fraction of sp³-hybridized carbons (Fsp3) is 0.103. The van der Waals surface area contributed by atoms with Crippen LogP contribution in [0.4, 0.5) is 4.39 Å². The summed E-state index contributed by atoms with van der Waals surface area (Å²) in [5, 5.41) is 7.93. The third-order valence-corrected chi connectivity index (χ3v) is 8.63. The van der Waals surface area contributed by atoms with Gasteiger partial charge in [-0.1, -0.05) is 48.0 Å². The summed E-state index contributed by atoms with van der Waals surface area (Å²) in [6.45, 7) is 0.360. The van der Waals surface area contributed by atoms with E-state index in [0.717, 1.165) is 20.9 Å². The molecule has 3 aromatic carbocycles. The molecule has 39 heavy (non-hydrogen) atoms. The van der Waals surface area contributed by atoms with E-state index in [0.29, 0.717) is 29.4 Å². The number of benzene rings is 3. The number of nitrogens with one attached hydrogen (secondary N) is 1. The normalized spacial score (nSPS) is 11.5. The van der Waals surface area contributed by atoms with Gasteiger partial charge in [-0.2, -0.15) is 5.10 Å². The molecule has 0 saturated carbocycles. The monoisotopic (exact) mass is 579 g/mol. The average molecular weight is 580 g/mol. The molecule has 2 aromatic heterocycles. The number of halogens is 2. The maximum Gasteiger partial charge on any atom is 0.271 e. The first-order chi connectivity index (χ1) is 18.7. The van der Waals surface area contributed by atoms with E-state index in [2.05, 4.69) is 10.4 Å². The van der Waals surface area contributed by atoms with Crippen LogP contribution in [0.3, 0.4) is 0 Å². The molecule has 0 unspecified atom stereocenters. The van der Waals surface area contributed by atoms with Gasteiger partial charge in [-0.25, -0.2) is 17.5 Å². The number of sulfone groups is 1. The second-order valence-corrected chi connectivity index (χ2v) is 12.4. The van der Waals surface area contributed by atoms with E-state index >= 15 is 0 Å². The van der Waals surface area contributed by atoms with Crippen molar-refractivity contribution in [1.29, 1.82) is 0 Å². The first-order valence-corrected chi connectivity index (χ1v) is 15.1. The van der Waals surface area contributed by atoms with Gasteiger partial charge < -0.3 is 5.32 Å². The largest absolute Gasteiger partial charge is 0.350 e. The Bertz CT molecular complexity index is 1760. The number of para-hydroxylation sites is 1. The lowest BCUT2D eigenvalue weighted by Gasteiger charge is -2.08. The van der Waals surface area contributed by atoms with Crippen LogP contribution in [0.25, 0.3) is 26.7 Å². The minimum Gasteiger partial charge on any atom is -0.350 e. The topological polar surface area (TPSA) is 81.1 Å². The Morgan fingerprint density at radius 1 is 0.974 bits per heavy atom. The molecule has 0 fully saturated rings. The van der Waals surface area contributed by atoms with E-state index in [1.807, 2.05) is 36.4 Å². The molecule has 1 amide bonds. The van der Waals surface area contributed by atoms with Gasteiger partial charge in [0.15, 0.2) is 15.5 Å². The molecule has 1 N–H and O–H groups in total. The molecular formula is C29H23ClFN3O3S2. The van der Waals surface area contributed by atoms with E-state index in [-0.39, 0.29) is 22.3 Å². The van der Waals surface area contributed by atoms with Crippen molar-refractivity contribution in [3.8, 4) is 26.7 Å². The van der Waals surface area contributed by atoms with Crippen LogP contribution in [0.1, 0.15) is 16.1 Å². The number of amides is 1. The highest BCUT2D eigenvalue weighted by Crippen LogP contribution is 2.37. The molecule has 0 spiro atoms. The SMILES string of the molecule is CS(=O)(=O)c1cccc(-c2ccc(-c3cc(C(=O)NCCc4ccc(F)cc4)nn3-c3ccccc3Cl)s2)c1. The number of hydrogen-bond donors (Lipinski definition) is 1. The summed E-state index contributed by atoms with van der Waals surface area (Å²) in [6.07, 6.45) is 1.73. The van der Waals surface area contributed by atoms with Crippen molar-refractivity contribution < 1.29 is 17.6 Å². The second kappa shape index (κ2) is 11.1. The summed E-state index contributed by atoms with van der Waals surface area (Å²) >= 11 is 7.94. The van der Waals surface area contributed by atoms with E-state index in [1.54, 1.807) is 47.1 Å². The Kier molecular flexibility index (Phi) is 7.65. The molecule has 10 heteroatoms. The quantitative estimate of drug-likeness (QED) is 0.229. The third-order valence-electron chi connectivity index (χ3n) is 6.04. The van der Waals surface area contributed by atoms with Gasteiger partial charge in [0.25, 0.3) is 5.91 Å². The van der Waals surface area contributed by atoms with Crippen molar-refractivity contribution in [2.45, 2.75) is 11.3 Å². The van der Waals surface area contributed by atoms with Crippen LogP contribution < -0.4 is 5.32 Å². The van der Waals surface area contributed by atoms with Crippen LogP contribution in [0.15, 0.2) is 95.9 Å². The number of nitrogens with zero attached hydrogens (tertiary/aromatic N) is 2. The zero-order valence-corrected chi connectivity index (χ0v) is 23.2. The molecule has 0 saturated heterocycles. The minimum absolute atomic E-state index is 0.220. The molecule has 0 aliphatic rings. The van der Waals surface area contributed by atoms with Crippen LogP contribution >= 0.6 is 22.9 Å². The number of hydrogen-bond acceptors (Lipinski definition) is 5. The van der Waals surface area contributed by atoms with Gasteiger partial charge >= 0.3 is 0 Å². The number of carbonyl (C=O) groups excluding carboxylic acids is 1. The molecule has 6 nitrogen and oxygen atoms in total. The fourth-order valence-corrected chi connectivity index (χ4v) is 5.93. The Hall–Kier alpha value is -3.79. The van der Waals surface area contributed by atoms with Gasteiger partial charge in [0.05, 0.1) is 26.2 Å². The standard InChI is InChI=1S/C29H23ClFN3O3S2/c1-39(36,37)22-6-4-5-20(17-22)27-13-14-28(38-27)26-18-24(33-34(26)25-8-3-2-7-23(25)30)29(35)32-16-15-19-9-11-21(31)12-10-19/h2-14,17-18H,15-16H2,1H3,(H,32,35). The Labute approximate surface area is 234 Å². The van der Waals surface area contributed by atoms with Crippen LogP contribution in [0, 0.1) is 5.82 Å². The average Bonchev–Trinajstić information content (AvgIpc) is 3.58. The van der Waals surface area contributed by atoms with Crippen molar-refractivity contribution in [2.24, 2.45) is 0 Å². The molecule has 0 aliphatic carbocycles. The van der Waals surface area contributed by atoms with Crippen LogP contribution in [-0.4, -0.2) is 36.9 Å². The summed E-state index contributed by atoms with van der Waals surface area (Å²) < 4.78 is 38.9. The highest BCUT2D eigenvalue weighted by atomic mass is 35.5. The van der Waals surface area contributed by atoms with Gasteiger partial charge in [-0.05, 0) is 72.1 Å². The van der Waals surface area contributed by atoms with Crippen molar-refractivity contribution >= 4 is 38.7 Å². The lowest BCUT2D eigenvalue weighted by atomic mass is 10.1. The first kappa shape index (κ1) is 26.8. The van der Waals surface area contributed by atoms with Crippen molar-refractivity contribution in [1.82, 2.24) is 15.1 Å². The van der Waals surface area contributed by atoms with E-state index in [9.17, 15) is 17.6 Å². The molecule has 0 radical (unpaired) electrons. The highest BCUT2D eigenvalue weighted by Gasteiger charge is 2.20.